The summed E-state index contributed by atoms with van der Waals surface area (Å²) in [6.07, 6.45) is 10.0. The number of halogens is 2. The van der Waals surface area contributed by atoms with Crippen molar-refractivity contribution in [1.29, 1.82) is 0 Å². The summed E-state index contributed by atoms with van der Waals surface area (Å²) in [7, 11) is 0. The number of aliphatic hydroxyl groups excluding tert-OH is 1. The lowest BCUT2D eigenvalue weighted by atomic mass is 9.92. The van der Waals surface area contributed by atoms with E-state index in [0.717, 1.165) is 66.9 Å². The van der Waals surface area contributed by atoms with E-state index in [1.165, 1.54) is 5.56 Å². The average molecular weight is 489 g/mol. The highest BCUT2D eigenvalue weighted by Gasteiger charge is 2.24. The van der Waals surface area contributed by atoms with E-state index in [9.17, 15) is 14.7 Å². The van der Waals surface area contributed by atoms with Crippen molar-refractivity contribution in [2.24, 2.45) is 0 Å². The summed E-state index contributed by atoms with van der Waals surface area (Å²) in [5, 5.41) is 10.7. The van der Waals surface area contributed by atoms with Gasteiger partial charge in [0.15, 0.2) is 6.29 Å². The molecule has 33 heavy (non-hydrogen) atoms. The number of nitrogens with zero attached hydrogens (tertiary/aromatic N) is 2. The lowest BCUT2D eigenvalue weighted by molar-refractivity contribution is -0.117. The average Bonchev–Trinajstić information content (AvgIpc) is 3.31. The SMILES string of the molecule is Cc1ccc(C2CCN(C=O)C2)c(CO)c1.Cc1ncccc1Cl.O=CC1=CCCC=C1Cl. The number of likely N-dealkylation sites (tertiary alicyclic amines) is 1. The van der Waals surface area contributed by atoms with Gasteiger partial charge in [-0.25, -0.2) is 0 Å². The topological polar surface area (TPSA) is 70.5 Å². The van der Waals surface area contributed by atoms with E-state index >= 15 is 0 Å². The minimum Gasteiger partial charge on any atom is -0.392 e. The molecule has 5 nitrogen and oxygen atoms in total. The molecule has 1 fully saturated rings. The quantitative estimate of drug-likeness (QED) is 0.576. The summed E-state index contributed by atoms with van der Waals surface area (Å²) in [4.78, 5) is 26.6. The van der Waals surface area contributed by atoms with Crippen LogP contribution in [0.5, 0.6) is 0 Å². The van der Waals surface area contributed by atoms with Gasteiger partial charge in [0.25, 0.3) is 0 Å². The Morgan fingerprint density at radius 2 is 1.91 bits per heavy atom. The summed E-state index contributed by atoms with van der Waals surface area (Å²) >= 11 is 11.3. The highest BCUT2D eigenvalue weighted by Crippen LogP contribution is 2.29. The number of aliphatic hydroxyl groups is 1. The summed E-state index contributed by atoms with van der Waals surface area (Å²) in [6.45, 7) is 5.58. The van der Waals surface area contributed by atoms with Crippen molar-refractivity contribution in [2.45, 2.75) is 45.6 Å². The molecule has 2 aliphatic rings. The van der Waals surface area contributed by atoms with Crippen LogP contribution in [0.3, 0.4) is 0 Å². The first-order valence-electron chi connectivity index (χ1n) is 10.9. The smallest absolute Gasteiger partial charge is 0.209 e. The van der Waals surface area contributed by atoms with Crippen molar-refractivity contribution in [2.75, 3.05) is 13.1 Å². The molecule has 1 aromatic carbocycles. The lowest BCUT2D eigenvalue weighted by Crippen LogP contribution is -2.17. The highest BCUT2D eigenvalue weighted by molar-refractivity contribution is 6.34. The molecule has 1 saturated heterocycles. The van der Waals surface area contributed by atoms with Crippen molar-refractivity contribution >= 4 is 35.9 Å². The number of aryl methyl sites for hydroxylation is 2. The predicted molar refractivity (Wildman–Crippen MR) is 133 cm³/mol. The van der Waals surface area contributed by atoms with Crippen LogP contribution >= 0.6 is 23.2 Å². The van der Waals surface area contributed by atoms with Gasteiger partial charge < -0.3 is 10.0 Å². The zero-order chi connectivity index (χ0) is 24.2. The van der Waals surface area contributed by atoms with E-state index in [1.54, 1.807) is 11.1 Å². The fraction of sp³-hybridized carbons (Fsp3) is 0.346. The molecule has 1 N–H and O–H groups in total. The molecule has 7 heteroatoms. The molecule has 176 valence electrons. The number of benzene rings is 1. The molecule has 1 amide bonds. The van der Waals surface area contributed by atoms with Gasteiger partial charge >= 0.3 is 0 Å². The molecule has 4 rings (SSSR count). The van der Waals surface area contributed by atoms with Crippen LogP contribution in [-0.2, 0) is 16.2 Å². The molecule has 0 spiro atoms. The Morgan fingerprint density at radius 1 is 1.15 bits per heavy atom. The van der Waals surface area contributed by atoms with Gasteiger partial charge in [-0.1, -0.05) is 59.1 Å². The number of allylic oxidation sites excluding steroid dienone is 4. The summed E-state index contributed by atoms with van der Waals surface area (Å²) in [5.74, 6) is 0.382. The normalized spacial score (nSPS) is 17.0. The van der Waals surface area contributed by atoms with Gasteiger partial charge in [0.05, 0.1) is 17.3 Å². The third kappa shape index (κ3) is 8.43. The molecule has 1 unspecified atom stereocenters. The second-order valence-corrected chi connectivity index (χ2v) is 8.74. The van der Waals surface area contributed by atoms with Crippen molar-refractivity contribution in [3.8, 4) is 0 Å². The van der Waals surface area contributed by atoms with Gasteiger partial charge in [-0.15, -0.1) is 0 Å². The Labute approximate surface area is 205 Å². The van der Waals surface area contributed by atoms with Crippen LogP contribution in [0.25, 0.3) is 0 Å². The monoisotopic (exact) mass is 488 g/mol. The van der Waals surface area contributed by atoms with Crippen LogP contribution < -0.4 is 0 Å². The number of amides is 1. The van der Waals surface area contributed by atoms with Crippen molar-refractivity contribution in [3.63, 3.8) is 0 Å². The van der Waals surface area contributed by atoms with Gasteiger partial charge in [0.2, 0.25) is 6.41 Å². The zero-order valence-electron chi connectivity index (χ0n) is 19.0. The number of hydrogen-bond donors (Lipinski definition) is 1. The Balaban J connectivity index is 0.000000192. The molecule has 1 aliphatic carbocycles. The summed E-state index contributed by atoms with van der Waals surface area (Å²) in [6, 6.07) is 9.82. The number of aromatic nitrogens is 1. The summed E-state index contributed by atoms with van der Waals surface area (Å²) in [5.41, 5.74) is 4.87. The maximum Gasteiger partial charge on any atom is 0.209 e. The van der Waals surface area contributed by atoms with Gasteiger partial charge in [-0.05, 0) is 56.4 Å². The molecule has 1 aliphatic heterocycles. The minimum atomic E-state index is 0.0780. The van der Waals surface area contributed by atoms with Crippen LogP contribution in [0.15, 0.2) is 59.3 Å². The van der Waals surface area contributed by atoms with E-state index < -0.39 is 0 Å². The number of pyridine rings is 1. The van der Waals surface area contributed by atoms with Crippen LogP contribution in [0.2, 0.25) is 5.02 Å². The molecule has 1 atom stereocenters. The maximum atomic E-state index is 10.7. The molecule has 0 saturated carbocycles. The lowest BCUT2D eigenvalue weighted by Gasteiger charge is -2.15. The Morgan fingerprint density at radius 3 is 2.42 bits per heavy atom. The zero-order valence-corrected chi connectivity index (χ0v) is 20.5. The Bertz CT molecular complexity index is 984. The van der Waals surface area contributed by atoms with Crippen molar-refractivity contribution in [1.82, 2.24) is 9.88 Å². The standard InChI is InChI=1S/C13H17NO2.C7H7ClO.C6H6ClN/c1-10-2-3-13(12(6-10)8-15)11-4-5-14(7-11)9-16;8-7-4-2-1-3-6(7)5-9;1-5-6(7)3-2-4-8-5/h2-3,6,9,11,15H,4-5,7-8H2,1H3;3-5H,1-2H2;2-4H,1H3. The predicted octanol–water partition coefficient (Wildman–Crippen LogP) is 5.50. The minimum absolute atomic E-state index is 0.0780. The first kappa shape index (κ1) is 26.8. The van der Waals surface area contributed by atoms with E-state index in [2.05, 4.69) is 17.1 Å². The van der Waals surface area contributed by atoms with Crippen LogP contribution in [0.4, 0.5) is 0 Å². The van der Waals surface area contributed by atoms with E-state index in [0.29, 0.717) is 16.5 Å². The van der Waals surface area contributed by atoms with E-state index in [-0.39, 0.29) is 6.61 Å². The molecular formula is C26H30Cl2N2O3. The fourth-order valence-electron chi connectivity index (χ4n) is 3.64. The Hall–Kier alpha value is -2.47. The van der Waals surface area contributed by atoms with Gasteiger partial charge in [0.1, 0.15) is 0 Å². The van der Waals surface area contributed by atoms with E-state index in [1.807, 2.05) is 44.2 Å². The van der Waals surface area contributed by atoms with Gasteiger partial charge in [-0.2, -0.15) is 0 Å². The van der Waals surface area contributed by atoms with Crippen molar-refractivity contribution < 1.29 is 14.7 Å². The first-order valence-corrected chi connectivity index (χ1v) is 11.6. The number of rotatable bonds is 4. The van der Waals surface area contributed by atoms with Gasteiger partial charge in [-0.3, -0.25) is 14.6 Å². The van der Waals surface area contributed by atoms with Gasteiger partial charge in [0, 0.05) is 35.8 Å². The second-order valence-electron chi connectivity index (χ2n) is 7.92. The van der Waals surface area contributed by atoms with Crippen molar-refractivity contribution in [3.05, 3.63) is 86.7 Å². The molecule has 0 radical (unpaired) electrons. The first-order chi connectivity index (χ1) is 15.9. The summed E-state index contributed by atoms with van der Waals surface area (Å²) < 4.78 is 0. The number of aldehydes is 1. The second kappa shape index (κ2) is 13.9. The van der Waals surface area contributed by atoms with Crippen LogP contribution in [0, 0.1) is 13.8 Å². The molecule has 1 aromatic heterocycles. The highest BCUT2D eigenvalue weighted by atomic mass is 35.5. The van der Waals surface area contributed by atoms with Crippen LogP contribution in [-0.4, -0.2) is 40.8 Å². The molecule has 2 aromatic rings. The number of hydrogen-bond acceptors (Lipinski definition) is 4. The molecule has 0 bridgehead atoms. The van der Waals surface area contributed by atoms with Crippen LogP contribution in [0.1, 0.15) is 47.6 Å². The van der Waals surface area contributed by atoms with E-state index in [4.69, 9.17) is 23.2 Å². The third-order valence-electron chi connectivity index (χ3n) is 5.48. The number of carbonyl (C=O) groups is 2. The Kier molecular flexibility index (Phi) is 11.3. The largest absolute Gasteiger partial charge is 0.392 e. The molecule has 2 heterocycles. The maximum absolute atomic E-state index is 10.7. The molecular weight excluding hydrogens is 459 g/mol. The fourth-order valence-corrected chi connectivity index (χ4v) is 3.99. The number of carbonyl (C=O) groups excluding carboxylic acids is 2. The third-order valence-corrected chi connectivity index (χ3v) is 6.25.